The molecule has 1 aliphatic heterocycles. The highest BCUT2D eigenvalue weighted by Gasteiger charge is 2.22. The average Bonchev–Trinajstić information content (AvgIpc) is 2.89. The summed E-state index contributed by atoms with van der Waals surface area (Å²) < 4.78 is 0. The van der Waals surface area contributed by atoms with Gasteiger partial charge in [0, 0.05) is 30.4 Å². The molecule has 20 heavy (non-hydrogen) atoms. The van der Waals surface area contributed by atoms with Crippen molar-refractivity contribution in [2.45, 2.75) is 51.5 Å². The van der Waals surface area contributed by atoms with Crippen molar-refractivity contribution in [1.29, 1.82) is 0 Å². The second kappa shape index (κ2) is 5.86. The first kappa shape index (κ1) is 13.5. The van der Waals surface area contributed by atoms with Crippen LogP contribution in [0.4, 0.5) is 11.4 Å². The Bertz CT molecular complexity index is 468. The van der Waals surface area contributed by atoms with Gasteiger partial charge < -0.3 is 10.2 Å². The van der Waals surface area contributed by atoms with E-state index in [1.54, 1.807) is 0 Å². The summed E-state index contributed by atoms with van der Waals surface area (Å²) in [5.74, 6) is 1.01. The molecule has 3 rings (SSSR count). The molecule has 1 heterocycles. The highest BCUT2D eigenvalue weighted by molar-refractivity contribution is 5.95. The molecule has 3 heteroatoms. The molecule has 1 saturated carbocycles. The standard InChI is InChI=1S/C17H24N2O/c1-13-5-2-3-6-16(13)18-14-8-10-15(11-9-14)19-12-4-7-17(19)20/h8-11,13,16,18H,2-7,12H2,1H3. The lowest BCUT2D eigenvalue weighted by molar-refractivity contribution is -0.117. The Morgan fingerprint density at radius 3 is 2.50 bits per heavy atom. The summed E-state index contributed by atoms with van der Waals surface area (Å²) in [6, 6.07) is 8.96. The highest BCUT2D eigenvalue weighted by Crippen LogP contribution is 2.28. The largest absolute Gasteiger partial charge is 0.382 e. The normalized spacial score (nSPS) is 26.9. The van der Waals surface area contributed by atoms with Gasteiger partial charge in [-0.15, -0.1) is 0 Å². The minimum atomic E-state index is 0.256. The molecular formula is C17H24N2O. The van der Waals surface area contributed by atoms with Crippen molar-refractivity contribution in [3.63, 3.8) is 0 Å². The van der Waals surface area contributed by atoms with Gasteiger partial charge in [0.1, 0.15) is 0 Å². The van der Waals surface area contributed by atoms with E-state index < -0.39 is 0 Å². The Morgan fingerprint density at radius 2 is 1.85 bits per heavy atom. The second-order valence-corrected chi connectivity index (χ2v) is 6.21. The Balaban J connectivity index is 1.65. The van der Waals surface area contributed by atoms with Crippen LogP contribution in [0, 0.1) is 5.92 Å². The molecule has 2 atom stereocenters. The molecule has 2 fully saturated rings. The van der Waals surface area contributed by atoms with Crippen LogP contribution in [-0.4, -0.2) is 18.5 Å². The molecule has 3 nitrogen and oxygen atoms in total. The Labute approximate surface area is 121 Å². The van der Waals surface area contributed by atoms with E-state index in [-0.39, 0.29) is 5.91 Å². The zero-order valence-corrected chi connectivity index (χ0v) is 12.3. The lowest BCUT2D eigenvalue weighted by Gasteiger charge is -2.30. The van der Waals surface area contributed by atoms with Gasteiger partial charge in [0.05, 0.1) is 0 Å². The molecule has 1 amide bonds. The van der Waals surface area contributed by atoms with Crippen molar-refractivity contribution >= 4 is 17.3 Å². The van der Waals surface area contributed by atoms with E-state index >= 15 is 0 Å². The van der Waals surface area contributed by atoms with Crippen LogP contribution in [0.25, 0.3) is 0 Å². The van der Waals surface area contributed by atoms with Crippen molar-refractivity contribution in [3.8, 4) is 0 Å². The summed E-state index contributed by atoms with van der Waals surface area (Å²) in [4.78, 5) is 13.6. The van der Waals surface area contributed by atoms with Crippen LogP contribution in [-0.2, 0) is 4.79 Å². The van der Waals surface area contributed by atoms with Gasteiger partial charge in [-0.05, 0) is 49.4 Å². The van der Waals surface area contributed by atoms with E-state index in [1.165, 1.54) is 31.4 Å². The number of nitrogens with one attached hydrogen (secondary N) is 1. The lowest BCUT2D eigenvalue weighted by atomic mass is 9.86. The maximum Gasteiger partial charge on any atom is 0.227 e. The topological polar surface area (TPSA) is 32.3 Å². The molecule has 2 unspecified atom stereocenters. The first-order valence-electron chi connectivity index (χ1n) is 7.91. The van der Waals surface area contributed by atoms with Crippen molar-refractivity contribution < 1.29 is 4.79 Å². The number of carbonyl (C=O) groups is 1. The summed E-state index contributed by atoms with van der Waals surface area (Å²) in [6.07, 6.45) is 6.99. The highest BCUT2D eigenvalue weighted by atomic mass is 16.2. The molecule has 0 spiro atoms. The average molecular weight is 272 g/mol. The summed E-state index contributed by atoms with van der Waals surface area (Å²) in [7, 11) is 0. The SMILES string of the molecule is CC1CCCCC1Nc1ccc(N2CCCC2=O)cc1. The number of anilines is 2. The number of hydrogen-bond acceptors (Lipinski definition) is 2. The van der Waals surface area contributed by atoms with Gasteiger partial charge in [-0.2, -0.15) is 0 Å². The summed E-state index contributed by atoms with van der Waals surface area (Å²) >= 11 is 0. The van der Waals surface area contributed by atoms with Gasteiger partial charge in [0.2, 0.25) is 5.91 Å². The second-order valence-electron chi connectivity index (χ2n) is 6.21. The van der Waals surface area contributed by atoms with Crippen LogP contribution < -0.4 is 10.2 Å². The monoisotopic (exact) mass is 272 g/mol. The van der Waals surface area contributed by atoms with Crippen LogP contribution in [0.15, 0.2) is 24.3 Å². The zero-order chi connectivity index (χ0) is 13.9. The molecule has 0 bridgehead atoms. The number of benzene rings is 1. The fourth-order valence-electron chi connectivity index (χ4n) is 3.40. The molecule has 1 aliphatic carbocycles. The van der Waals surface area contributed by atoms with Gasteiger partial charge in [-0.1, -0.05) is 19.8 Å². The number of hydrogen-bond donors (Lipinski definition) is 1. The van der Waals surface area contributed by atoms with Crippen molar-refractivity contribution in [2.24, 2.45) is 5.92 Å². The maximum absolute atomic E-state index is 11.7. The van der Waals surface area contributed by atoms with E-state index in [0.717, 1.165) is 24.6 Å². The minimum absolute atomic E-state index is 0.256. The van der Waals surface area contributed by atoms with E-state index in [1.807, 2.05) is 4.90 Å². The quantitative estimate of drug-likeness (QED) is 0.907. The Morgan fingerprint density at radius 1 is 1.10 bits per heavy atom. The van der Waals surface area contributed by atoms with E-state index in [9.17, 15) is 4.79 Å². The van der Waals surface area contributed by atoms with Crippen molar-refractivity contribution in [1.82, 2.24) is 0 Å². The van der Waals surface area contributed by atoms with E-state index in [0.29, 0.717) is 12.5 Å². The number of amides is 1. The maximum atomic E-state index is 11.7. The molecule has 1 saturated heterocycles. The summed E-state index contributed by atoms with van der Waals surface area (Å²) in [5.41, 5.74) is 2.22. The molecule has 1 aromatic rings. The number of rotatable bonds is 3. The van der Waals surface area contributed by atoms with Gasteiger partial charge in [-0.3, -0.25) is 4.79 Å². The fourth-order valence-corrected chi connectivity index (χ4v) is 3.40. The lowest BCUT2D eigenvalue weighted by Crippen LogP contribution is -2.30. The third kappa shape index (κ3) is 2.82. The molecule has 0 aromatic heterocycles. The number of carbonyl (C=O) groups excluding carboxylic acids is 1. The van der Waals surface area contributed by atoms with Crippen LogP contribution >= 0.6 is 0 Å². The first-order chi connectivity index (χ1) is 9.74. The predicted octanol–water partition coefficient (Wildman–Crippen LogP) is 3.80. The van der Waals surface area contributed by atoms with Crippen LogP contribution in [0.5, 0.6) is 0 Å². The minimum Gasteiger partial charge on any atom is -0.382 e. The van der Waals surface area contributed by atoms with Gasteiger partial charge in [-0.25, -0.2) is 0 Å². The molecule has 0 radical (unpaired) electrons. The Kier molecular flexibility index (Phi) is 3.95. The summed E-state index contributed by atoms with van der Waals surface area (Å²) in [6.45, 7) is 3.21. The van der Waals surface area contributed by atoms with Gasteiger partial charge in [0.25, 0.3) is 0 Å². The van der Waals surface area contributed by atoms with Gasteiger partial charge >= 0.3 is 0 Å². The van der Waals surface area contributed by atoms with Crippen LogP contribution in [0.1, 0.15) is 45.4 Å². The number of nitrogens with zero attached hydrogens (tertiary/aromatic N) is 1. The van der Waals surface area contributed by atoms with E-state index in [2.05, 4.69) is 36.5 Å². The predicted molar refractivity (Wildman–Crippen MR) is 83.1 cm³/mol. The zero-order valence-electron chi connectivity index (χ0n) is 12.3. The van der Waals surface area contributed by atoms with Crippen LogP contribution in [0.3, 0.4) is 0 Å². The molecule has 2 aliphatic rings. The third-order valence-corrected chi connectivity index (χ3v) is 4.72. The fraction of sp³-hybridized carbons (Fsp3) is 0.588. The van der Waals surface area contributed by atoms with Crippen molar-refractivity contribution in [2.75, 3.05) is 16.8 Å². The third-order valence-electron chi connectivity index (χ3n) is 4.72. The molecule has 1 N–H and O–H groups in total. The molecular weight excluding hydrogens is 248 g/mol. The van der Waals surface area contributed by atoms with Crippen molar-refractivity contribution in [3.05, 3.63) is 24.3 Å². The van der Waals surface area contributed by atoms with E-state index in [4.69, 9.17) is 0 Å². The smallest absolute Gasteiger partial charge is 0.227 e. The first-order valence-corrected chi connectivity index (χ1v) is 7.91. The summed E-state index contributed by atoms with van der Waals surface area (Å²) in [5, 5.41) is 3.66. The van der Waals surface area contributed by atoms with Crippen LogP contribution in [0.2, 0.25) is 0 Å². The van der Waals surface area contributed by atoms with Gasteiger partial charge in [0.15, 0.2) is 0 Å². The Hall–Kier alpha value is -1.51. The molecule has 108 valence electrons. The molecule has 1 aromatic carbocycles.